The summed E-state index contributed by atoms with van der Waals surface area (Å²) in [6, 6.07) is 5.42. The highest BCUT2D eigenvalue weighted by Gasteiger charge is 2.24. The second-order valence-corrected chi connectivity index (χ2v) is 10.1. The third-order valence-corrected chi connectivity index (χ3v) is 7.55. The van der Waals surface area contributed by atoms with Crippen LogP contribution in [-0.2, 0) is 11.3 Å². The van der Waals surface area contributed by atoms with E-state index in [0.29, 0.717) is 66.8 Å². The van der Waals surface area contributed by atoms with Crippen molar-refractivity contribution in [2.45, 2.75) is 6.54 Å². The molecule has 5 aromatic rings. The standard InChI is InChI=1S/C24H23F2N9O4S/c25-13-10-14(26)17(39-12-18(27)36)11-15(13)33-6-3-32(4-7-33)5-8-34-21-19(40-24(34)37)22-29-20(16-2-1-9-38-16)31-35(22)23(28)30-21/h1-2,9-11H,3-8,12H2,(H2,27,36)(H2,28,30). The molecule has 13 nitrogen and oxygen atoms in total. The second kappa shape index (κ2) is 10.2. The van der Waals surface area contributed by atoms with Crippen molar-refractivity contribution in [3.63, 3.8) is 0 Å². The lowest BCUT2D eigenvalue weighted by Crippen LogP contribution is -2.47. The van der Waals surface area contributed by atoms with Crippen LogP contribution >= 0.6 is 11.3 Å². The maximum absolute atomic E-state index is 14.5. The zero-order valence-corrected chi connectivity index (χ0v) is 21.7. The summed E-state index contributed by atoms with van der Waals surface area (Å²) in [6.45, 7) is 2.44. The Balaban J connectivity index is 1.16. The van der Waals surface area contributed by atoms with Crippen LogP contribution in [0.3, 0.4) is 0 Å². The van der Waals surface area contributed by atoms with E-state index >= 15 is 0 Å². The quantitative estimate of drug-likeness (QED) is 0.278. The summed E-state index contributed by atoms with van der Waals surface area (Å²) >= 11 is 1.02. The lowest BCUT2D eigenvalue weighted by molar-refractivity contribution is -0.120. The summed E-state index contributed by atoms with van der Waals surface area (Å²) in [7, 11) is 0. The van der Waals surface area contributed by atoms with E-state index in [1.807, 2.05) is 0 Å². The molecular weight excluding hydrogens is 548 g/mol. The molecule has 0 atom stereocenters. The van der Waals surface area contributed by atoms with Gasteiger partial charge in [0.15, 0.2) is 35.2 Å². The molecular formula is C24H23F2N9O4S. The minimum Gasteiger partial charge on any atom is -0.481 e. The number of benzene rings is 1. The number of fused-ring (bicyclic) bond motifs is 3. The number of anilines is 2. The summed E-state index contributed by atoms with van der Waals surface area (Å²) in [5.41, 5.74) is 12.2. The summed E-state index contributed by atoms with van der Waals surface area (Å²) in [6.07, 6.45) is 1.52. The predicted molar refractivity (Wildman–Crippen MR) is 142 cm³/mol. The minimum atomic E-state index is -0.913. The molecule has 0 radical (unpaired) electrons. The van der Waals surface area contributed by atoms with Gasteiger partial charge in [-0.3, -0.25) is 19.1 Å². The molecule has 1 fully saturated rings. The molecule has 0 saturated carbocycles. The fourth-order valence-electron chi connectivity index (χ4n) is 4.61. The zero-order chi connectivity index (χ0) is 28.0. The molecule has 1 aliphatic heterocycles. The number of carbonyl (C=O) groups is 1. The second-order valence-electron chi connectivity index (χ2n) is 9.11. The van der Waals surface area contributed by atoms with Crippen molar-refractivity contribution in [3.05, 3.63) is 51.8 Å². The van der Waals surface area contributed by atoms with Crippen LogP contribution in [0.2, 0.25) is 0 Å². The molecule has 40 heavy (non-hydrogen) atoms. The zero-order valence-electron chi connectivity index (χ0n) is 20.9. The number of rotatable bonds is 8. The van der Waals surface area contributed by atoms with Crippen molar-refractivity contribution in [3.8, 4) is 17.3 Å². The molecule has 1 aromatic carbocycles. The highest BCUT2D eigenvalue weighted by molar-refractivity contribution is 7.17. The van der Waals surface area contributed by atoms with E-state index in [1.165, 1.54) is 16.8 Å². The first-order valence-electron chi connectivity index (χ1n) is 12.3. The van der Waals surface area contributed by atoms with Crippen molar-refractivity contribution >= 4 is 44.9 Å². The van der Waals surface area contributed by atoms with E-state index in [-0.39, 0.29) is 22.3 Å². The van der Waals surface area contributed by atoms with Crippen molar-refractivity contribution < 1.29 is 22.7 Å². The fourth-order valence-corrected chi connectivity index (χ4v) is 5.54. The first kappa shape index (κ1) is 25.7. The number of primary amides is 1. The molecule has 4 aromatic heterocycles. The molecule has 6 rings (SSSR count). The Labute approximate surface area is 228 Å². The van der Waals surface area contributed by atoms with E-state index in [1.54, 1.807) is 21.6 Å². The van der Waals surface area contributed by atoms with Crippen molar-refractivity contribution in [1.82, 2.24) is 29.0 Å². The number of carbonyl (C=O) groups excluding carboxylic acids is 1. The highest BCUT2D eigenvalue weighted by Crippen LogP contribution is 2.29. The molecule has 0 bridgehead atoms. The van der Waals surface area contributed by atoms with Gasteiger partial charge in [0.1, 0.15) is 10.5 Å². The number of halogens is 2. The van der Waals surface area contributed by atoms with Gasteiger partial charge in [0, 0.05) is 51.4 Å². The number of furan rings is 1. The number of nitrogens with two attached hydrogens (primary N) is 2. The Hall–Kier alpha value is -4.57. The number of aromatic nitrogens is 5. The summed E-state index contributed by atoms with van der Waals surface area (Å²) in [4.78, 5) is 36.5. The molecule has 0 aliphatic carbocycles. The van der Waals surface area contributed by atoms with Gasteiger partial charge in [0.05, 0.1) is 12.0 Å². The third-order valence-electron chi connectivity index (χ3n) is 6.58. The Morgan fingerprint density at radius 1 is 1.10 bits per heavy atom. The van der Waals surface area contributed by atoms with E-state index in [0.717, 1.165) is 17.4 Å². The number of thiazole rings is 1. The van der Waals surface area contributed by atoms with Crippen molar-refractivity contribution in [2.75, 3.05) is 50.0 Å². The molecule has 0 unspecified atom stereocenters. The molecule has 1 saturated heterocycles. The molecule has 4 N–H and O–H groups in total. The van der Waals surface area contributed by atoms with E-state index in [4.69, 9.17) is 20.6 Å². The van der Waals surface area contributed by atoms with Crippen LogP contribution in [0.4, 0.5) is 20.4 Å². The van der Waals surface area contributed by atoms with Crippen LogP contribution in [0.25, 0.3) is 27.6 Å². The predicted octanol–water partition coefficient (Wildman–Crippen LogP) is 1.31. The Bertz CT molecular complexity index is 1770. The van der Waals surface area contributed by atoms with Gasteiger partial charge in [0.2, 0.25) is 11.8 Å². The van der Waals surface area contributed by atoms with Crippen LogP contribution in [0, 0.1) is 11.6 Å². The largest absolute Gasteiger partial charge is 0.481 e. The fraction of sp³-hybridized carbons (Fsp3) is 0.292. The number of nitrogens with zero attached hydrogens (tertiary/aromatic N) is 7. The summed E-state index contributed by atoms with van der Waals surface area (Å²) in [5.74, 6) is -1.76. The molecule has 0 spiro atoms. The Morgan fingerprint density at radius 3 is 2.62 bits per heavy atom. The lowest BCUT2D eigenvalue weighted by Gasteiger charge is -2.36. The van der Waals surface area contributed by atoms with Gasteiger partial charge < -0.3 is 25.5 Å². The first-order valence-corrected chi connectivity index (χ1v) is 13.1. The van der Waals surface area contributed by atoms with Gasteiger partial charge in [-0.15, -0.1) is 5.10 Å². The van der Waals surface area contributed by atoms with Gasteiger partial charge in [-0.25, -0.2) is 13.8 Å². The SMILES string of the molecule is NC(=O)COc1cc(N2CCN(CCn3c(=O)sc4c3nc(N)n3nc(-c5ccco5)nc43)CC2)c(F)cc1F. The number of ether oxygens (including phenoxy) is 1. The van der Waals surface area contributed by atoms with E-state index in [2.05, 4.69) is 20.0 Å². The average molecular weight is 572 g/mol. The number of hydrogen-bond acceptors (Lipinski definition) is 11. The van der Waals surface area contributed by atoms with Crippen LogP contribution in [0.15, 0.2) is 39.7 Å². The van der Waals surface area contributed by atoms with Gasteiger partial charge in [-0.1, -0.05) is 11.3 Å². The maximum atomic E-state index is 14.5. The molecule has 1 amide bonds. The molecule has 5 heterocycles. The van der Waals surface area contributed by atoms with Crippen LogP contribution in [-0.4, -0.2) is 74.3 Å². The van der Waals surface area contributed by atoms with Crippen LogP contribution < -0.4 is 26.0 Å². The van der Waals surface area contributed by atoms with Crippen LogP contribution in [0.1, 0.15) is 0 Å². The summed E-state index contributed by atoms with van der Waals surface area (Å²) in [5, 5.41) is 4.36. The average Bonchev–Trinajstić information content (AvgIpc) is 3.67. The Morgan fingerprint density at radius 2 is 1.90 bits per heavy atom. The molecule has 208 valence electrons. The Kier molecular flexibility index (Phi) is 6.55. The van der Waals surface area contributed by atoms with E-state index in [9.17, 15) is 18.4 Å². The topological polar surface area (TPSA) is 163 Å². The van der Waals surface area contributed by atoms with Gasteiger partial charge in [-0.05, 0) is 12.1 Å². The number of amides is 1. The molecule has 1 aliphatic rings. The lowest BCUT2D eigenvalue weighted by atomic mass is 10.2. The maximum Gasteiger partial charge on any atom is 0.309 e. The number of hydrogen-bond donors (Lipinski definition) is 2. The third kappa shape index (κ3) is 4.71. The monoisotopic (exact) mass is 571 g/mol. The van der Waals surface area contributed by atoms with E-state index < -0.39 is 24.1 Å². The summed E-state index contributed by atoms with van der Waals surface area (Å²) < 4.78 is 42.6. The van der Waals surface area contributed by atoms with Crippen LogP contribution in [0.5, 0.6) is 5.75 Å². The molecule has 16 heteroatoms. The number of piperazine rings is 1. The van der Waals surface area contributed by atoms with Crippen molar-refractivity contribution in [2.24, 2.45) is 5.73 Å². The first-order chi connectivity index (χ1) is 19.3. The van der Waals surface area contributed by atoms with Crippen molar-refractivity contribution in [1.29, 1.82) is 0 Å². The van der Waals surface area contributed by atoms with Gasteiger partial charge >= 0.3 is 4.87 Å². The van der Waals surface area contributed by atoms with Gasteiger partial charge in [-0.2, -0.15) is 9.50 Å². The number of nitrogen functional groups attached to an aromatic ring is 1. The highest BCUT2D eigenvalue weighted by atomic mass is 32.1. The normalized spacial score (nSPS) is 14.4. The smallest absolute Gasteiger partial charge is 0.309 e. The minimum absolute atomic E-state index is 0.0912. The van der Waals surface area contributed by atoms with Gasteiger partial charge in [0.25, 0.3) is 5.91 Å².